The Bertz CT molecular complexity index is 863. The molecule has 0 saturated heterocycles. The van der Waals surface area contributed by atoms with Crippen molar-refractivity contribution in [2.75, 3.05) is 23.9 Å². The lowest BCUT2D eigenvalue weighted by Crippen LogP contribution is -2.13. The Morgan fingerprint density at radius 1 is 1.28 bits per heavy atom. The van der Waals surface area contributed by atoms with Crippen LogP contribution in [0, 0.1) is 0 Å². The van der Waals surface area contributed by atoms with Gasteiger partial charge in [0.1, 0.15) is 5.75 Å². The number of aromatic nitrogens is 1. The number of hydrogen-bond acceptors (Lipinski definition) is 6. The molecule has 2 aromatic carbocycles. The number of nitrogens with zero attached hydrogens (tertiary/aromatic N) is 1. The Labute approximate surface area is 154 Å². The van der Waals surface area contributed by atoms with Crippen LogP contribution in [0.25, 0.3) is 11.3 Å². The molecule has 128 valence electrons. The maximum absolute atomic E-state index is 12.1. The number of nitrogens with two attached hydrogens (primary N) is 1. The molecule has 0 aliphatic heterocycles. The maximum Gasteiger partial charge on any atom is 0.236 e. The lowest BCUT2D eigenvalue weighted by Gasteiger charge is -2.03. The number of ether oxygens (including phenoxy) is 1. The highest BCUT2D eigenvalue weighted by Gasteiger charge is 2.09. The van der Waals surface area contributed by atoms with Crippen LogP contribution in [0.4, 0.5) is 10.8 Å². The summed E-state index contributed by atoms with van der Waals surface area (Å²) in [6.07, 6.45) is 0. The predicted octanol–water partition coefficient (Wildman–Crippen LogP) is 4.13. The van der Waals surface area contributed by atoms with E-state index in [0.717, 1.165) is 21.9 Å². The zero-order chi connectivity index (χ0) is 17.6. The zero-order valence-corrected chi connectivity index (χ0v) is 15.2. The molecule has 7 heteroatoms. The average Bonchev–Trinajstić information content (AvgIpc) is 3.10. The Hall–Kier alpha value is -2.51. The number of carbonyl (C=O) groups is 1. The standard InChI is InChI=1S/C18H17N3O2S2/c1-23-14-4-2-3-12(9-14)16-10-25-18(20-16)21-17(22)11-24-15-7-5-13(19)6-8-15/h2-10H,11,19H2,1H3,(H,20,21,22). The van der Waals surface area contributed by atoms with Gasteiger partial charge in [-0.2, -0.15) is 0 Å². The minimum atomic E-state index is -0.0895. The second kappa shape index (κ2) is 8.04. The van der Waals surface area contributed by atoms with Crippen molar-refractivity contribution in [3.63, 3.8) is 0 Å². The van der Waals surface area contributed by atoms with E-state index in [9.17, 15) is 4.79 Å². The topological polar surface area (TPSA) is 77.2 Å². The third kappa shape index (κ3) is 4.74. The molecule has 3 aromatic rings. The summed E-state index contributed by atoms with van der Waals surface area (Å²) >= 11 is 2.86. The number of nitrogens with one attached hydrogen (secondary N) is 1. The van der Waals surface area contributed by atoms with Gasteiger partial charge in [-0.25, -0.2) is 4.98 Å². The Morgan fingerprint density at radius 2 is 2.08 bits per heavy atom. The monoisotopic (exact) mass is 371 g/mol. The van der Waals surface area contributed by atoms with Gasteiger partial charge in [0.2, 0.25) is 5.91 Å². The molecule has 0 radical (unpaired) electrons. The first-order chi connectivity index (χ1) is 12.1. The van der Waals surface area contributed by atoms with E-state index in [2.05, 4.69) is 10.3 Å². The summed E-state index contributed by atoms with van der Waals surface area (Å²) in [7, 11) is 1.63. The Kier molecular flexibility index (Phi) is 5.57. The van der Waals surface area contributed by atoms with Gasteiger partial charge in [0.25, 0.3) is 0 Å². The van der Waals surface area contributed by atoms with Gasteiger partial charge in [-0.15, -0.1) is 23.1 Å². The van der Waals surface area contributed by atoms with Gasteiger partial charge < -0.3 is 15.8 Å². The summed E-state index contributed by atoms with van der Waals surface area (Å²) in [5, 5.41) is 5.33. The molecular formula is C18H17N3O2S2. The fourth-order valence-corrected chi connectivity index (χ4v) is 3.55. The minimum absolute atomic E-state index is 0.0895. The molecule has 3 N–H and O–H groups in total. The van der Waals surface area contributed by atoms with Crippen LogP contribution in [0.15, 0.2) is 58.8 Å². The molecule has 1 amide bonds. The second-order valence-electron chi connectivity index (χ2n) is 5.18. The zero-order valence-electron chi connectivity index (χ0n) is 13.6. The quantitative estimate of drug-likeness (QED) is 0.503. The highest BCUT2D eigenvalue weighted by Crippen LogP contribution is 2.27. The van der Waals surface area contributed by atoms with Crippen LogP contribution in [0.2, 0.25) is 0 Å². The van der Waals surface area contributed by atoms with E-state index >= 15 is 0 Å². The largest absolute Gasteiger partial charge is 0.497 e. The van der Waals surface area contributed by atoms with Gasteiger partial charge >= 0.3 is 0 Å². The number of methoxy groups -OCH3 is 1. The van der Waals surface area contributed by atoms with Crippen LogP contribution in [0.3, 0.4) is 0 Å². The van der Waals surface area contributed by atoms with Gasteiger partial charge in [0.05, 0.1) is 18.6 Å². The lowest BCUT2D eigenvalue weighted by atomic mass is 10.2. The first kappa shape index (κ1) is 17.3. The minimum Gasteiger partial charge on any atom is -0.497 e. The van der Waals surface area contributed by atoms with E-state index < -0.39 is 0 Å². The summed E-state index contributed by atoms with van der Waals surface area (Å²) in [5.74, 6) is 1.00. The van der Waals surface area contributed by atoms with Gasteiger partial charge in [-0.1, -0.05) is 12.1 Å². The molecule has 3 rings (SSSR count). The lowest BCUT2D eigenvalue weighted by molar-refractivity contribution is -0.113. The smallest absolute Gasteiger partial charge is 0.236 e. The number of nitrogen functional groups attached to an aromatic ring is 1. The number of rotatable bonds is 6. The summed E-state index contributed by atoms with van der Waals surface area (Å²) in [5.41, 5.74) is 8.12. The van der Waals surface area contributed by atoms with Gasteiger partial charge in [0, 0.05) is 21.5 Å². The molecule has 0 saturated carbocycles. The summed E-state index contributed by atoms with van der Waals surface area (Å²) in [4.78, 5) is 17.6. The van der Waals surface area contributed by atoms with Crippen molar-refractivity contribution in [3.8, 4) is 17.0 Å². The molecule has 0 spiro atoms. The van der Waals surface area contributed by atoms with Crippen LogP contribution < -0.4 is 15.8 Å². The number of anilines is 2. The molecule has 25 heavy (non-hydrogen) atoms. The van der Waals surface area contributed by atoms with Crippen molar-refractivity contribution in [1.82, 2.24) is 4.98 Å². The number of thioether (sulfide) groups is 1. The van der Waals surface area contributed by atoms with Crippen LogP contribution in [-0.4, -0.2) is 23.8 Å². The van der Waals surface area contributed by atoms with E-state index in [1.165, 1.54) is 23.1 Å². The number of carbonyl (C=O) groups excluding carboxylic acids is 1. The van der Waals surface area contributed by atoms with Crippen molar-refractivity contribution in [3.05, 3.63) is 53.9 Å². The van der Waals surface area contributed by atoms with Crippen LogP contribution >= 0.6 is 23.1 Å². The van der Waals surface area contributed by atoms with Crippen LogP contribution in [0.1, 0.15) is 0 Å². The summed E-state index contributed by atoms with van der Waals surface area (Å²) < 4.78 is 5.22. The van der Waals surface area contributed by atoms with Crippen molar-refractivity contribution >= 4 is 39.8 Å². The number of hydrogen-bond donors (Lipinski definition) is 2. The Balaban J connectivity index is 1.58. The molecule has 0 aliphatic carbocycles. The van der Waals surface area contributed by atoms with Gasteiger partial charge in [-0.3, -0.25) is 4.79 Å². The third-order valence-corrected chi connectivity index (χ3v) is 5.14. The summed E-state index contributed by atoms with van der Waals surface area (Å²) in [6.45, 7) is 0. The maximum atomic E-state index is 12.1. The Morgan fingerprint density at radius 3 is 2.84 bits per heavy atom. The van der Waals surface area contributed by atoms with Crippen molar-refractivity contribution in [2.24, 2.45) is 0 Å². The van der Waals surface area contributed by atoms with Gasteiger partial charge in [-0.05, 0) is 36.4 Å². The van der Waals surface area contributed by atoms with Crippen molar-refractivity contribution in [1.29, 1.82) is 0 Å². The first-order valence-corrected chi connectivity index (χ1v) is 9.39. The molecule has 0 atom stereocenters. The number of benzene rings is 2. The number of thiazole rings is 1. The molecule has 0 unspecified atom stereocenters. The average molecular weight is 371 g/mol. The van der Waals surface area contributed by atoms with E-state index in [4.69, 9.17) is 10.5 Å². The van der Waals surface area contributed by atoms with E-state index in [0.29, 0.717) is 16.6 Å². The van der Waals surface area contributed by atoms with E-state index in [-0.39, 0.29) is 5.91 Å². The van der Waals surface area contributed by atoms with E-state index in [1.807, 2.05) is 53.9 Å². The predicted molar refractivity (Wildman–Crippen MR) is 104 cm³/mol. The van der Waals surface area contributed by atoms with E-state index in [1.54, 1.807) is 7.11 Å². The van der Waals surface area contributed by atoms with Crippen molar-refractivity contribution in [2.45, 2.75) is 4.90 Å². The van der Waals surface area contributed by atoms with Crippen LogP contribution in [0.5, 0.6) is 5.75 Å². The number of amides is 1. The summed E-state index contributed by atoms with van der Waals surface area (Å²) in [6, 6.07) is 15.1. The molecule has 0 aliphatic rings. The molecule has 0 fully saturated rings. The second-order valence-corrected chi connectivity index (χ2v) is 7.08. The highest BCUT2D eigenvalue weighted by atomic mass is 32.2. The fraction of sp³-hybridized carbons (Fsp3) is 0.111. The molecular weight excluding hydrogens is 354 g/mol. The fourth-order valence-electron chi connectivity index (χ4n) is 2.11. The molecule has 1 aromatic heterocycles. The normalized spacial score (nSPS) is 10.4. The molecule has 1 heterocycles. The van der Waals surface area contributed by atoms with Crippen LogP contribution in [-0.2, 0) is 4.79 Å². The SMILES string of the molecule is COc1cccc(-c2csc(NC(=O)CSc3ccc(N)cc3)n2)c1. The van der Waals surface area contributed by atoms with Crippen molar-refractivity contribution < 1.29 is 9.53 Å². The first-order valence-electron chi connectivity index (χ1n) is 7.52. The molecule has 5 nitrogen and oxygen atoms in total. The third-order valence-electron chi connectivity index (χ3n) is 3.37. The molecule has 0 bridgehead atoms. The highest BCUT2D eigenvalue weighted by molar-refractivity contribution is 8.00. The van der Waals surface area contributed by atoms with Gasteiger partial charge in [0.15, 0.2) is 5.13 Å².